The van der Waals surface area contributed by atoms with Crippen molar-refractivity contribution in [3.63, 3.8) is 0 Å². The lowest BCUT2D eigenvalue weighted by Gasteiger charge is -2.24. The minimum absolute atomic E-state index is 0.222. The van der Waals surface area contributed by atoms with Crippen LogP contribution in [-0.4, -0.2) is 55.6 Å². The van der Waals surface area contributed by atoms with Gasteiger partial charge in [-0.15, -0.1) is 4.99 Å². The van der Waals surface area contributed by atoms with Crippen molar-refractivity contribution in [2.45, 2.75) is 32.8 Å². The number of rotatable bonds is 3. The second-order valence-electron chi connectivity index (χ2n) is 6.12. The van der Waals surface area contributed by atoms with Gasteiger partial charge in [-0.1, -0.05) is 0 Å². The molecule has 1 aliphatic rings. The molecule has 0 aromatic rings. The molecular weight excluding hydrogens is 336 g/mol. The highest BCUT2D eigenvalue weighted by atomic mass is 31.1. The molecule has 0 aliphatic carbocycles. The Labute approximate surface area is 143 Å². The number of nitrogens with two attached hydrogens (primary N) is 1. The number of hydrogen-bond acceptors (Lipinski definition) is 6. The fraction of sp³-hybridized carbons (Fsp3) is 0.667. The Balaban J connectivity index is 2.48. The third kappa shape index (κ3) is 7.14. The van der Waals surface area contributed by atoms with E-state index < -0.39 is 29.6 Å². The van der Waals surface area contributed by atoms with E-state index in [1.165, 1.54) is 4.90 Å². The predicted molar refractivity (Wildman–Crippen MR) is 92.2 cm³/mol. The average molecular weight is 359 g/mol. The maximum atomic E-state index is 12.1. The summed E-state index contributed by atoms with van der Waals surface area (Å²) in [6.07, 6.45) is -0.886. The largest absolute Gasteiger partial charge is 0.444 e. The standard InChI is InChI=1S/C12H23BN5O5P/c1-12(2,3)22-11(21)18-5-4-7(6-18)8(19)15-9(14)16-10(20)23-24-17-13/h7,17,24H,4-6,13H2,1-3H3,(H3,14,15,16,19,20)/t7-/m0/s1. The number of hydrogen-bond donors (Lipinski definition) is 3. The van der Waals surface area contributed by atoms with Gasteiger partial charge in [0.25, 0.3) is 0 Å². The third-order valence-corrected chi connectivity index (χ3v) is 3.39. The lowest BCUT2D eigenvalue weighted by atomic mass is 10.1. The van der Waals surface area contributed by atoms with E-state index in [0.717, 1.165) is 0 Å². The molecule has 24 heavy (non-hydrogen) atoms. The van der Waals surface area contributed by atoms with Crippen LogP contribution in [0.15, 0.2) is 4.99 Å². The second-order valence-corrected chi connectivity index (χ2v) is 7.03. The predicted octanol–water partition coefficient (Wildman–Crippen LogP) is -0.543. The highest BCUT2D eigenvalue weighted by Crippen LogP contribution is 2.19. The van der Waals surface area contributed by atoms with E-state index in [-0.39, 0.29) is 21.5 Å². The van der Waals surface area contributed by atoms with Crippen molar-refractivity contribution in [2.75, 3.05) is 13.1 Å². The smallest absolute Gasteiger partial charge is 0.440 e. The van der Waals surface area contributed by atoms with Crippen LogP contribution in [0.5, 0.6) is 0 Å². The molecule has 1 aliphatic heterocycles. The number of carbonyl (C=O) groups excluding carboxylic acids is 3. The van der Waals surface area contributed by atoms with Gasteiger partial charge >= 0.3 is 12.2 Å². The molecule has 1 fully saturated rings. The number of amides is 3. The van der Waals surface area contributed by atoms with Crippen LogP contribution in [0.2, 0.25) is 0 Å². The van der Waals surface area contributed by atoms with Crippen molar-refractivity contribution in [2.24, 2.45) is 16.6 Å². The van der Waals surface area contributed by atoms with E-state index >= 15 is 0 Å². The summed E-state index contributed by atoms with van der Waals surface area (Å²) in [4.78, 5) is 42.8. The Hall–Kier alpha value is -1.87. The molecule has 0 saturated carbocycles. The molecular formula is C12H23BN5O5P. The summed E-state index contributed by atoms with van der Waals surface area (Å²) in [5.41, 5.74) is 4.89. The van der Waals surface area contributed by atoms with Crippen molar-refractivity contribution < 1.29 is 23.6 Å². The van der Waals surface area contributed by atoms with Crippen molar-refractivity contribution >= 4 is 41.0 Å². The Kier molecular flexibility index (Phi) is 7.43. The zero-order chi connectivity index (χ0) is 18.3. The Bertz CT molecular complexity index is 524. The maximum Gasteiger partial charge on any atom is 0.440 e. The number of carbonyl (C=O) groups is 3. The van der Waals surface area contributed by atoms with Gasteiger partial charge in [0.1, 0.15) is 14.6 Å². The number of aliphatic imine (C=N–C) groups is 1. The van der Waals surface area contributed by atoms with E-state index in [0.29, 0.717) is 13.0 Å². The lowest BCUT2D eigenvalue weighted by molar-refractivity contribution is -0.123. The number of nitrogens with zero attached hydrogens (tertiary/aromatic N) is 2. The van der Waals surface area contributed by atoms with Gasteiger partial charge in [-0.2, -0.15) is 0 Å². The normalized spacial score (nSPS) is 18.7. The Morgan fingerprint density at radius 3 is 2.62 bits per heavy atom. The van der Waals surface area contributed by atoms with Gasteiger partial charge in [0.2, 0.25) is 11.9 Å². The summed E-state index contributed by atoms with van der Waals surface area (Å²) in [6, 6.07) is 0. The van der Waals surface area contributed by atoms with Crippen LogP contribution in [0.4, 0.5) is 9.59 Å². The first kappa shape index (κ1) is 20.2. The van der Waals surface area contributed by atoms with Crippen molar-refractivity contribution in [1.29, 1.82) is 0 Å². The first-order chi connectivity index (χ1) is 11.1. The molecule has 2 atom stereocenters. The fourth-order valence-corrected chi connectivity index (χ4v) is 2.17. The molecule has 10 nitrogen and oxygen atoms in total. The van der Waals surface area contributed by atoms with Crippen LogP contribution in [0.25, 0.3) is 0 Å². The molecule has 134 valence electrons. The topological polar surface area (TPSA) is 135 Å². The van der Waals surface area contributed by atoms with Crippen LogP contribution in [-0.2, 0) is 14.1 Å². The molecule has 0 aromatic carbocycles. The van der Waals surface area contributed by atoms with Crippen LogP contribution < -0.4 is 16.0 Å². The fourth-order valence-electron chi connectivity index (χ4n) is 1.94. The summed E-state index contributed by atoms with van der Waals surface area (Å²) in [5.74, 6) is -1.20. The Morgan fingerprint density at radius 2 is 2.04 bits per heavy atom. The number of nitrogens with one attached hydrogen (secondary N) is 2. The van der Waals surface area contributed by atoms with Gasteiger partial charge < -0.3 is 24.9 Å². The minimum atomic E-state index is -0.901. The molecule has 0 bridgehead atoms. The maximum absolute atomic E-state index is 12.1. The van der Waals surface area contributed by atoms with E-state index in [4.69, 9.17) is 10.5 Å². The van der Waals surface area contributed by atoms with Crippen LogP contribution in [0.1, 0.15) is 27.2 Å². The van der Waals surface area contributed by atoms with E-state index in [9.17, 15) is 14.4 Å². The zero-order valence-corrected chi connectivity index (χ0v) is 15.2. The summed E-state index contributed by atoms with van der Waals surface area (Å²) < 4.78 is 9.91. The Morgan fingerprint density at radius 1 is 1.38 bits per heavy atom. The summed E-state index contributed by atoms with van der Waals surface area (Å²) in [5, 5.41) is 2.33. The van der Waals surface area contributed by atoms with Gasteiger partial charge in [-0.05, 0) is 27.2 Å². The molecule has 4 N–H and O–H groups in total. The van der Waals surface area contributed by atoms with Crippen molar-refractivity contribution in [1.82, 2.24) is 15.2 Å². The van der Waals surface area contributed by atoms with Gasteiger partial charge in [0, 0.05) is 13.1 Å². The first-order valence-corrected chi connectivity index (χ1v) is 8.28. The van der Waals surface area contributed by atoms with Gasteiger partial charge in [-0.25, -0.2) is 9.59 Å². The van der Waals surface area contributed by atoms with Crippen molar-refractivity contribution in [3.05, 3.63) is 0 Å². The highest BCUT2D eigenvalue weighted by molar-refractivity contribution is 7.32. The van der Waals surface area contributed by atoms with Gasteiger partial charge in [0.15, 0.2) is 7.98 Å². The van der Waals surface area contributed by atoms with Crippen molar-refractivity contribution in [3.8, 4) is 0 Å². The highest BCUT2D eigenvalue weighted by Gasteiger charge is 2.33. The summed E-state index contributed by atoms with van der Waals surface area (Å²) in [7, 11) is 1.36. The number of likely N-dealkylation sites (tertiary alicyclic amines) is 1. The molecule has 0 aromatic heterocycles. The van der Waals surface area contributed by atoms with E-state index in [1.807, 2.05) is 0 Å². The molecule has 0 spiro atoms. The van der Waals surface area contributed by atoms with E-state index in [1.54, 1.807) is 28.8 Å². The molecule has 1 saturated heterocycles. The molecule has 1 unspecified atom stereocenters. The SMILES string of the molecule is BNPOC(=O)/N=C(\N)NC(=O)[C@H]1CCN(C(=O)OC(C)(C)C)C1. The lowest BCUT2D eigenvalue weighted by Crippen LogP contribution is -2.42. The molecule has 1 rings (SSSR count). The molecule has 1 heterocycles. The minimum Gasteiger partial charge on any atom is -0.444 e. The molecule has 12 heteroatoms. The molecule has 3 amide bonds. The molecule has 0 radical (unpaired) electrons. The van der Waals surface area contributed by atoms with Gasteiger partial charge in [-0.3, -0.25) is 10.1 Å². The zero-order valence-electron chi connectivity index (χ0n) is 14.2. The monoisotopic (exact) mass is 359 g/mol. The second kappa shape index (κ2) is 8.84. The number of guanidine groups is 1. The summed E-state index contributed by atoms with van der Waals surface area (Å²) in [6.45, 7) is 5.96. The van der Waals surface area contributed by atoms with Crippen LogP contribution in [0.3, 0.4) is 0 Å². The van der Waals surface area contributed by atoms with Crippen LogP contribution >= 0.6 is 8.96 Å². The van der Waals surface area contributed by atoms with Gasteiger partial charge in [0.05, 0.1) is 5.92 Å². The quantitative estimate of drug-likeness (QED) is 0.266. The average Bonchev–Trinajstić information content (AvgIpc) is 2.93. The number of ether oxygens (including phenoxy) is 1. The van der Waals surface area contributed by atoms with Crippen LogP contribution in [0, 0.1) is 5.92 Å². The summed E-state index contributed by atoms with van der Waals surface area (Å²) >= 11 is 0. The first-order valence-electron chi connectivity index (χ1n) is 7.38. The van der Waals surface area contributed by atoms with E-state index in [2.05, 4.69) is 19.8 Å². The third-order valence-electron chi connectivity index (χ3n) is 2.91.